The summed E-state index contributed by atoms with van der Waals surface area (Å²) in [7, 11) is 0.115. The molecule has 1 aromatic carbocycles. The first kappa shape index (κ1) is 15.6. The van der Waals surface area contributed by atoms with E-state index in [4.69, 9.17) is 4.74 Å². The van der Waals surface area contributed by atoms with Gasteiger partial charge in [0.25, 0.3) is 0 Å². The molecule has 0 aliphatic carbocycles. The molecule has 0 unspecified atom stereocenters. The standard InChI is InChI=1S/C11H13BN2O3S3/c1-17-9-4-3-8(12(15)16)5-7(9)6-19-11-14-13-10(18-2)20-11/h3-5,15-16H,6H2,1-2H3. The molecule has 0 fully saturated rings. The van der Waals surface area contributed by atoms with Crippen LogP contribution in [0.2, 0.25) is 0 Å². The fourth-order valence-electron chi connectivity index (χ4n) is 1.55. The van der Waals surface area contributed by atoms with Gasteiger partial charge < -0.3 is 14.8 Å². The Balaban J connectivity index is 2.12. The van der Waals surface area contributed by atoms with Crippen LogP contribution in [-0.4, -0.2) is 40.7 Å². The van der Waals surface area contributed by atoms with Crippen molar-refractivity contribution in [3.8, 4) is 5.75 Å². The van der Waals surface area contributed by atoms with Crippen molar-refractivity contribution in [1.29, 1.82) is 0 Å². The maximum absolute atomic E-state index is 9.22. The Morgan fingerprint density at radius 2 is 2.05 bits per heavy atom. The molecule has 2 aromatic rings. The minimum absolute atomic E-state index is 0.448. The van der Waals surface area contributed by atoms with Crippen LogP contribution in [-0.2, 0) is 5.75 Å². The molecule has 2 N–H and O–H groups in total. The normalized spacial score (nSPS) is 10.6. The second kappa shape index (κ2) is 7.32. The molecule has 0 radical (unpaired) electrons. The predicted molar refractivity (Wildman–Crippen MR) is 84.1 cm³/mol. The zero-order valence-corrected chi connectivity index (χ0v) is 13.4. The molecular formula is C11H13BN2O3S3. The first-order valence-corrected chi connectivity index (χ1v) is 8.70. The van der Waals surface area contributed by atoms with Crippen LogP contribution in [0.3, 0.4) is 0 Å². The number of hydrogen-bond donors (Lipinski definition) is 2. The first-order chi connectivity index (χ1) is 9.63. The smallest absolute Gasteiger partial charge is 0.488 e. The number of benzene rings is 1. The summed E-state index contributed by atoms with van der Waals surface area (Å²) in [5, 5.41) is 26.6. The minimum Gasteiger partial charge on any atom is -0.496 e. The molecule has 0 saturated heterocycles. The molecule has 0 aliphatic rings. The summed E-state index contributed by atoms with van der Waals surface area (Å²) in [5.74, 6) is 1.35. The van der Waals surface area contributed by atoms with Crippen LogP contribution in [0.5, 0.6) is 5.75 Å². The third kappa shape index (κ3) is 3.89. The molecule has 0 saturated carbocycles. The van der Waals surface area contributed by atoms with E-state index >= 15 is 0 Å². The lowest BCUT2D eigenvalue weighted by atomic mass is 9.79. The van der Waals surface area contributed by atoms with Crippen molar-refractivity contribution in [2.75, 3.05) is 13.4 Å². The van der Waals surface area contributed by atoms with E-state index in [-0.39, 0.29) is 0 Å². The maximum Gasteiger partial charge on any atom is 0.488 e. The van der Waals surface area contributed by atoms with Gasteiger partial charge in [0.2, 0.25) is 0 Å². The summed E-state index contributed by atoms with van der Waals surface area (Å²) < 4.78 is 7.09. The highest BCUT2D eigenvalue weighted by atomic mass is 32.2. The third-order valence-corrected chi connectivity index (χ3v) is 5.60. The van der Waals surface area contributed by atoms with Gasteiger partial charge >= 0.3 is 7.12 Å². The SMILES string of the molecule is COc1ccc(B(O)O)cc1CSc1nnc(SC)s1. The van der Waals surface area contributed by atoms with Gasteiger partial charge in [0, 0.05) is 11.3 Å². The van der Waals surface area contributed by atoms with E-state index in [1.807, 2.05) is 6.26 Å². The lowest BCUT2D eigenvalue weighted by Crippen LogP contribution is -2.30. The summed E-state index contributed by atoms with van der Waals surface area (Å²) >= 11 is 4.65. The molecule has 0 spiro atoms. The molecular weight excluding hydrogens is 315 g/mol. The number of rotatable bonds is 6. The molecule has 20 heavy (non-hydrogen) atoms. The van der Waals surface area contributed by atoms with Gasteiger partial charge in [-0.25, -0.2) is 0 Å². The number of aromatic nitrogens is 2. The van der Waals surface area contributed by atoms with Crippen molar-refractivity contribution in [2.24, 2.45) is 0 Å². The van der Waals surface area contributed by atoms with E-state index in [1.165, 1.54) is 0 Å². The molecule has 9 heteroatoms. The summed E-state index contributed by atoms with van der Waals surface area (Å²) in [6.45, 7) is 0. The van der Waals surface area contributed by atoms with Crippen LogP contribution in [0.1, 0.15) is 5.56 Å². The van der Waals surface area contributed by atoms with Crippen molar-refractivity contribution in [3.05, 3.63) is 23.8 Å². The first-order valence-electron chi connectivity index (χ1n) is 5.67. The molecule has 1 heterocycles. The lowest BCUT2D eigenvalue weighted by Gasteiger charge is -2.09. The number of nitrogens with zero attached hydrogens (tertiary/aromatic N) is 2. The fraction of sp³-hybridized carbons (Fsp3) is 0.273. The zero-order valence-electron chi connectivity index (χ0n) is 10.9. The van der Waals surface area contributed by atoms with E-state index in [1.54, 1.807) is 60.2 Å². The van der Waals surface area contributed by atoms with Crippen molar-refractivity contribution < 1.29 is 14.8 Å². The van der Waals surface area contributed by atoms with Gasteiger partial charge in [-0.05, 0) is 17.8 Å². The summed E-state index contributed by atoms with van der Waals surface area (Å²) in [4.78, 5) is 0. The van der Waals surface area contributed by atoms with Gasteiger partial charge in [-0.1, -0.05) is 47.0 Å². The van der Waals surface area contributed by atoms with Crippen LogP contribution in [0.15, 0.2) is 26.9 Å². The van der Waals surface area contributed by atoms with Crippen molar-refractivity contribution in [3.63, 3.8) is 0 Å². The number of methoxy groups -OCH3 is 1. The Hall–Kier alpha value is -0.735. The van der Waals surface area contributed by atoms with Gasteiger partial charge in [0.1, 0.15) is 5.75 Å². The number of hydrogen-bond acceptors (Lipinski definition) is 8. The quantitative estimate of drug-likeness (QED) is 0.610. The molecule has 106 valence electrons. The predicted octanol–water partition coefficient (Wildman–Crippen LogP) is 1.24. The average Bonchev–Trinajstić information content (AvgIpc) is 2.92. The maximum atomic E-state index is 9.22. The van der Waals surface area contributed by atoms with E-state index in [0.29, 0.717) is 11.2 Å². The van der Waals surface area contributed by atoms with Gasteiger partial charge in [-0.15, -0.1) is 10.2 Å². The van der Waals surface area contributed by atoms with Crippen molar-refractivity contribution in [2.45, 2.75) is 14.4 Å². The van der Waals surface area contributed by atoms with Crippen LogP contribution in [0.4, 0.5) is 0 Å². The highest BCUT2D eigenvalue weighted by Crippen LogP contribution is 2.31. The molecule has 0 atom stereocenters. The fourth-order valence-corrected chi connectivity index (χ4v) is 3.97. The Bertz CT molecular complexity index is 580. The Labute approximate surface area is 129 Å². The number of ether oxygens (including phenoxy) is 1. The molecule has 5 nitrogen and oxygen atoms in total. The monoisotopic (exact) mass is 328 g/mol. The van der Waals surface area contributed by atoms with Gasteiger partial charge in [-0.2, -0.15) is 0 Å². The average molecular weight is 328 g/mol. The second-order valence-corrected chi connectivity index (χ2v) is 7.02. The molecule has 0 aliphatic heterocycles. The lowest BCUT2D eigenvalue weighted by molar-refractivity contribution is 0.410. The van der Waals surface area contributed by atoms with E-state index in [2.05, 4.69) is 10.2 Å². The van der Waals surface area contributed by atoms with Gasteiger partial charge in [-0.3, -0.25) is 0 Å². The largest absolute Gasteiger partial charge is 0.496 e. The molecule has 0 amide bonds. The zero-order chi connectivity index (χ0) is 14.5. The van der Waals surface area contributed by atoms with Gasteiger partial charge in [0.05, 0.1) is 7.11 Å². The summed E-state index contributed by atoms with van der Waals surface area (Å²) in [5.41, 5.74) is 1.34. The van der Waals surface area contributed by atoms with Crippen LogP contribution < -0.4 is 10.2 Å². The highest BCUT2D eigenvalue weighted by molar-refractivity contribution is 8.02. The Kier molecular flexibility index (Phi) is 5.73. The highest BCUT2D eigenvalue weighted by Gasteiger charge is 2.14. The summed E-state index contributed by atoms with van der Waals surface area (Å²) in [6.07, 6.45) is 1.96. The van der Waals surface area contributed by atoms with E-state index in [0.717, 1.165) is 20.0 Å². The van der Waals surface area contributed by atoms with E-state index < -0.39 is 7.12 Å². The van der Waals surface area contributed by atoms with Crippen LogP contribution >= 0.6 is 34.9 Å². The molecule has 1 aromatic heterocycles. The van der Waals surface area contributed by atoms with Crippen molar-refractivity contribution in [1.82, 2.24) is 10.2 Å². The van der Waals surface area contributed by atoms with Gasteiger partial charge in [0.15, 0.2) is 8.68 Å². The van der Waals surface area contributed by atoms with Crippen molar-refractivity contribution >= 4 is 47.4 Å². The van der Waals surface area contributed by atoms with Crippen LogP contribution in [0, 0.1) is 0 Å². The molecule has 0 bridgehead atoms. The Morgan fingerprint density at radius 3 is 2.65 bits per heavy atom. The third-order valence-electron chi connectivity index (χ3n) is 2.52. The van der Waals surface area contributed by atoms with Crippen LogP contribution in [0.25, 0.3) is 0 Å². The second-order valence-electron chi connectivity index (χ2n) is 3.77. The topological polar surface area (TPSA) is 75.5 Å². The summed E-state index contributed by atoms with van der Waals surface area (Å²) in [6, 6.07) is 5.10. The Morgan fingerprint density at radius 1 is 1.30 bits per heavy atom. The number of thioether (sulfide) groups is 2. The van der Waals surface area contributed by atoms with E-state index in [9.17, 15) is 10.0 Å². The minimum atomic E-state index is -1.48. The molecule has 2 rings (SSSR count).